The van der Waals surface area contributed by atoms with Gasteiger partial charge < -0.3 is 4.74 Å². The second kappa shape index (κ2) is 5.72. The van der Waals surface area contributed by atoms with E-state index < -0.39 is 0 Å². The maximum Gasteiger partial charge on any atom is 0.173 e. The van der Waals surface area contributed by atoms with E-state index in [1.165, 1.54) is 25.3 Å². The van der Waals surface area contributed by atoms with E-state index in [0.29, 0.717) is 5.02 Å². The second-order valence-electron chi connectivity index (χ2n) is 4.76. The molecule has 0 spiro atoms. The van der Waals surface area contributed by atoms with Gasteiger partial charge in [-0.05, 0) is 37.3 Å². The van der Waals surface area contributed by atoms with E-state index in [-0.39, 0.29) is 17.7 Å². The zero-order valence-corrected chi connectivity index (χ0v) is 10.8. The van der Waals surface area contributed by atoms with Gasteiger partial charge in [0.2, 0.25) is 0 Å². The van der Waals surface area contributed by atoms with Crippen molar-refractivity contribution in [1.29, 1.82) is 0 Å². The van der Waals surface area contributed by atoms with Crippen LogP contribution in [-0.2, 0) is 0 Å². The van der Waals surface area contributed by atoms with Crippen LogP contribution in [0.2, 0.25) is 5.02 Å². The van der Waals surface area contributed by atoms with Gasteiger partial charge in [0.1, 0.15) is 0 Å². The van der Waals surface area contributed by atoms with Gasteiger partial charge in [0, 0.05) is 0 Å². The van der Waals surface area contributed by atoms with Crippen LogP contribution in [0.15, 0.2) is 18.2 Å². The Morgan fingerprint density at radius 1 is 1.41 bits per heavy atom. The lowest BCUT2D eigenvalue weighted by molar-refractivity contribution is 0.194. The van der Waals surface area contributed by atoms with Gasteiger partial charge >= 0.3 is 0 Å². The topological polar surface area (TPSA) is 9.23 Å². The Labute approximate surface area is 107 Å². The monoisotopic (exact) mass is 256 g/mol. The highest BCUT2D eigenvalue weighted by Crippen LogP contribution is 2.35. The molecule has 1 fully saturated rings. The summed E-state index contributed by atoms with van der Waals surface area (Å²) in [4.78, 5) is 0. The van der Waals surface area contributed by atoms with E-state index in [1.54, 1.807) is 12.1 Å². The van der Waals surface area contributed by atoms with Crippen molar-refractivity contribution in [2.24, 2.45) is 5.92 Å². The molecule has 1 nitrogen and oxygen atoms in total. The summed E-state index contributed by atoms with van der Waals surface area (Å²) >= 11 is 5.94. The highest BCUT2D eigenvalue weighted by atomic mass is 35.5. The summed E-state index contributed by atoms with van der Waals surface area (Å²) in [5.74, 6) is 0.586. The smallest absolute Gasteiger partial charge is 0.173 e. The molecule has 0 amide bonds. The molecule has 0 radical (unpaired) electrons. The first-order valence-corrected chi connectivity index (χ1v) is 6.69. The third kappa shape index (κ3) is 3.12. The minimum Gasteiger partial charge on any atom is -0.486 e. The van der Waals surface area contributed by atoms with E-state index in [1.807, 2.05) is 0 Å². The summed E-state index contributed by atoms with van der Waals surface area (Å²) in [6.45, 7) is 2.20. The summed E-state index contributed by atoms with van der Waals surface area (Å²) in [5, 5.41) is 0.365. The van der Waals surface area contributed by atoms with Gasteiger partial charge in [-0.25, -0.2) is 4.39 Å². The normalized spacial score (nSPS) is 23.9. The minimum absolute atomic E-state index is 0.126. The molecule has 3 heteroatoms. The first-order chi connectivity index (χ1) is 8.20. The molecule has 2 atom stereocenters. The Morgan fingerprint density at radius 2 is 2.24 bits per heavy atom. The molecule has 0 aromatic heterocycles. The lowest BCUT2D eigenvalue weighted by Crippen LogP contribution is -2.13. The van der Waals surface area contributed by atoms with Gasteiger partial charge in [-0.3, -0.25) is 0 Å². The molecule has 94 valence electrons. The number of rotatable bonds is 4. The Hall–Kier alpha value is -0.760. The van der Waals surface area contributed by atoms with Crippen LogP contribution in [0.25, 0.3) is 0 Å². The van der Waals surface area contributed by atoms with Gasteiger partial charge in [0.05, 0.1) is 11.1 Å². The molecule has 17 heavy (non-hydrogen) atoms. The molecule has 1 aromatic rings. The van der Waals surface area contributed by atoms with Crippen molar-refractivity contribution >= 4 is 11.6 Å². The zero-order chi connectivity index (χ0) is 12.3. The summed E-state index contributed by atoms with van der Waals surface area (Å²) in [6.07, 6.45) is 5.79. The molecule has 1 saturated carbocycles. The molecule has 0 aliphatic heterocycles. The summed E-state index contributed by atoms with van der Waals surface area (Å²) < 4.78 is 19.2. The average molecular weight is 257 g/mol. The number of halogens is 2. The van der Waals surface area contributed by atoms with Crippen LogP contribution in [-0.4, -0.2) is 6.10 Å². The van der Waals surface area contributed by atoms with Crippen LogP contribution in [0.3, 0.4) is 0 Å². The number of hydrogen-bond donors (Lipinski definition) is 0. The molecule has 1 aliphatic rings. The molecule has 1 aromatic carbocycles. The number of benzene rings is 1. The van der Waals surface area contributed by atoms with E-state index in [0.717, 1.165) is 18.8 Å². The molecule has 0 bridgehead atoms. The van der Waals surface area contributed by atoms with Crippen LogP contribution in [0.5, 0.6) is 5.75 Å². The molecule has 1 aliphatic carbocycles. The summed E-state index contributed by atoms with van der Waals surface area (Å²) in [6, 6.07) is 4.65. The molecule has 2 rings (SSSR count). The van der Waals surface area contributed by atoms with Gasteiger partial charge in [-0.2, -0.15) is 0 Å². The largest absolute Gasteiger partial charge is 0.486 e. The number of para-hydroxylation sites is 1. The number of hydrogen-bond acceptors (Lipinski definition) is 1. The van der Waals surface area contributed by atoms with E-state index in [4.69, 9.17) is 16.3 Å². The van der Waals surface area contributed by atoms with Crippen LogP contribution in [0.4, 0.5) is 4.39 Å². The van der Waals surface area contributed by atoms with Gasteiger partial charge in [-0.15, -0.1) is 0 Å². The molecule has 0 saturated heterocycles. The van der Waals surface area contributed by atoms with E-state index >= 15 is 0 Å². The SMILES string of the molecule is CCC[C@H]1CC[C@@H](Oc2c(F)cccc2Cl)C1. The first kappa shape index (κ1) is 12.7. The van der Waals surface area contributed by atoms with Crippen LogP contribution in [0, 0.1) is 11.7 Å². The molecule has 0 N–H and O–H groups in total. The maximum absolute atomic E-state index is 13.5. The van der Waals surface area contributed by atoms with Gasteiger partial charge in [0.15, 0.2) is 11.6 Å². The van der Waals surface area contributed by atoms with Crippen LogP contribution < -0.4 is 4.74 Å². The third-order valence-corrected chi connectivity index (χ3v) is 3.69. The van der Waals surface area contributed by atoms with Crippen molar-refractivity contribution in [3.05, 3.63) is 29.0 Å². The molecule has 0 heterocycles. The van der Waals surface area contributed by atoms with Crippen LogP contribution >= 0.6 is 11.6 Å². The quantitative estimate of drug-likeness (QED) is 0.750. The molecular formula is C14H18ClFO. The van der Waals surface area contributed by atoms with Crippen molar-refractivity contribution in [3.8, 4) is 5.75 Å². The fourth-order valence-corrected chi connectivity index (χ4v) is 2.78. The van der Waals surface area contributed by atoms with Crippen molar-refractivity contribution < 1.29 is 9.13 Å². The summed E-state index contributed by atoms with van der Waals surface area (Å²) in [5.41, 5.74) is 0. The van der Waals surface area contributed by atoms with Crippen molar-refractivity contribution in [2.45, 2.75) is 45.1 Å². The Bertz CT molecular complexity index is 360. The Morgan fingerprint density at radius 3 is 2.94 bits per heavy atom. The standard InChI is InChI=1S/C14H18ClFO/c1-2-4-10-7-8-11(9-10)17-14-12(15)5-3-6-13(14)16/h3,5-6,10-11H,2,4,7-9H2,1H3/t10-,11+/m0/s1. The third-order valence-electron chi connectivity index (χ3n) is 3.39. The lowest BCUT2D eigenvalue weighted by Gasteiger charge is -2.15. The van der Waals surface area contributed by atoms with Gasteiger partial charge in [-0.1, -0.05) is 37.4 Å². The Kier molecular flexibility index (Phi) is 4.27. The Balaban J connectivity index is 1.98. The zero-order valence-electron chi connectivity index (χ0n) is 10.1. The van der Waals surface area contributed by atoms with E-state index in [9.17, 15) is 4.39 Å². The highest BCUT2D eigenvalue weighted by molar-refractivity contribution is 6.32. The predicted octanol–water partition coefficient (Wildman–Crippen LogP) is 4.83. The number of ether oxygens (including phenoxy) is 1. The van der Waals surface area contributed by atoms with Crippen molar-refractivity contribution in [1.82, 2.24) is 0 Å². The first-order valence-electron chi connectivity index (χ1n) is 6.31. The second-order valence-corrected chi connectivity index (χ2v) is 5.17. The van der Waals surface area contributed by atoms with Crippen LogP contribution in [0.1, 0.15) is 39.0 Å². The fourth-order valence-electron chi connectivity index (χ4n) is 2.57. The molecule has 0 unspecified atom stereocenters. The highest BCUT2D eigenvalue weighted by Gasteiger charge is 2.26. The molecular weight excluding hydrogens is 239 g/mol. The minimum atomic E-state index is -0.364. The lowest BCUT2D eigenvalue weighted by atomic mass is 10.0. The van der Waals surface area contributed by atoms with Gasteiger partial charge in [0.25, 0.3) is 0 Å². The van der Waals surface area contributed by atoms with E-state index in [2.05, 4.69) is 6.92 Å². The predicted molar refractivity (Wildman–Crippen MR) is 68.1 cm³/mol. The maximum atomic E-state index is 13.5. The average Bonchev–Trinajstić information content (AvgIpc) is 2.72. The fraction of sp³-hybridized carbons (Fsp3) is 0.571. The van der Waals surface area contributed by atoms with Crippen molar-refractivity contribution in [3.63, 3.8) is 0 Å². The summed E-state index contributed by atoms with van der Waals surface area (Å²) in [7, 11) is 0. The van der Waals surface area contributed by atoms with Crippen molar-refractivity contribution in [2.75, 3.05) is 0 Å².